The fourth-order valence-corrected chi connectivity index (χ4v) is 7.06. The van der Waals surface area contributed by atoms with Gasteiger partial charge in [0.05, 0.1) is 21.7 Å². The summed E-state index contributed by atoms with van der Waals surface area (Å²) in [7, 11) is -3.57. The minimum Gasteiger partial charge on any atom is -0.279 e. The van der Waals surface area contributed by atoms with Crippen molar-refractivity contribution in [2.45, 2.75) is 44.0 Å². The molecule has 2 heterocycles. The first-order valence-corrected chi connectivity index (χ1v) is 14.5. The molecule has 1 aliphatic rings. The molecule has 1 amide bonds. The number of carbonyl (C=O) groups is 1. The molecule has 1 fully saturated rings. The van der Waals surface area contributed by atoms with Crippen molar-refractivity contribution in [1.82, 2.24) is 9.29 Å². The Morgan fingerprint density at radius 2 is 1.64 bits per heavy atom. The topological polar surface area (TPSA) is 70.6 Å². The lowest BCUT2D eigenvalue weighted by Crippen LogP contribution is -2.32. The Balaban J connectivity index is 1.46. The van der Waals surface area contributed by atoms with Crippen LogP contribution in [-0.4, -0.2) is 36.7 Å². The number of anilines is 1. The average Bonchev–Trinajstić information content (AvgIpc) is 3.10. The van der Waals surface area contributed by atoms with Crippen molar-refractivity contribution in [1.29, 1.82) is 0 Å². The zero-order chi connectivity index (χ0) is 25.1. The average molecular weight is 520 g/mol. The fourth-order valence-electron chi connectivity index (χ4n) is 4.48. The molecule has 4 aromatic rings. The van der Waals surface area contributed by atoms with Crippen LogP contribution < -0.4 is 4.90 Å². The molecule has 0 atom stereocenters. The maximum absolute atomic E-state index is 13.7. The largest absolute Gasteiger partial charge is 0.279 e. The lowest BCUT2D eigenvalue weighted by molar-refractivity contribution is 0.0985. The number of sulfonamides is 1. The maximum atomic E-state index is 13.7. The predicted octanol–water partition coefficient (Wildman–Crippen LogP) is 6.02. The summed E-state index contributed by atoms with van der Waals surface area (Å²) in [5, 5.41) is 0.616. The summed E-state index contributed by atoms with van der Waals surface area (Å²) >= 11 is 1.48. The van der Waals surface area contributed by atoms with Crippen molar-refractivity contribution < 1.29 is 13.2 Å². The highest BCUT2D eigenvalue weighted by molar-refractivity contribution is 7.89. The predicted molar refractivity (Wildman–Crippen MR) is 145 cm³/mol. The SMILES string of the molecule is Cc1ccc2nc(N(Cc3ccccc3)C(=O)c3ccc(S(=O)(=O)N4CCCCCC4)cc3)sc2c1. The Morgan fingerprint density at radius 1 is 0.944 bits per heavy atom. The number of hydrogen-bond acceptors (Lipinski definition) is 5. The second-order valence-corrected chi connectivity index (χ2v) is 12.1. The molecule has 3 aromatic carbocycles. The number of nitrogens with zero attached hydrogens (tertiary/aromatic N) is 3. The lowest BCUT2D eigenvalue weighted by Gasteiger charge is -2.21. The van der Waals surface area contributed by atoms with Crippen LogP contribution in [0.1, 0.15) is 47.2 Å². The van der Waals surface area contributed by atoms with E-state index in [0.29, 0.717) is 30.3 Å². The van der Waals surface area contributed by atoms with Gasteiger partial charge in [0.1, 0.15) is 0 Å². The molecule has 0 aliphatic carbocycles. The van der Waals surface area contributed by atoms with E-state index in [1.807, 2.05) is 49.4 Å². The Morgan fingerprint density at radius 3 is 2.33 bits per heavy atom. The second-order valence-electron chi connectivity index (χ2n) is 9.19. The van der Waals surface area contributed by atoms with Crippen molar-refractivity contribution >= 4 is 42.6 Å². The van der Waals surface area contributed by atoms with E-state index < -0.39 is 10.0 Å². The van der Waals surface area contributed by atoms with Gasteiger partial charge < -0.3 is 0 Å². The van der Waals surface area contributed by atoms with Gasteiger partial charge >= 0.3 is 0 Å². The van der Waals surface area contributed by atoms with Gasteiger partial charge in [-0.1, -0.05) is 60.6 Å². The van der Waals surface area contributed by atoms with Crippen LogP contribution in [0.4, 0.5) is 5.13 Å². The molecular formula is C28H29N3O3S2. The number of aryl methyl sites for hydroxylation is 1. The van der Waals surface area contributed by atoms with Crippen molar-refractivity contribution in [3.8, 4) is 0 Å². The van der Waals surface area contributed by atoms with Crippen LogP contribution in [0.2, 0.25) is 0 Å². The van der Waals surface area contributed by atoms with Gasteiger partial charge in [0, 0.05) is 18.7 Å². The number of rotatable bonds is 6. The smallest absolute Gasteiger partial charge is 0.260 e. The van der Waals surface area contributed by atoms with E-state index in [4.69, 9.17) is 4.98 Å². The van der Waals surface area contributed by atoms with Crippen molar-refractivity contribution in [2.75, 3.05) is 18.0 Å². The Labute approximate surface area is 216 Å². The highest BCUT2D eigenvalue weighted by Crippen LogP contribution is 2.32. The molecule has 8 heteroatoms. The first kappa shape index (κ1) is 24.6. The highest BCUT2D eigenvalue weighted by Gasteiger charge is 2.26. The molecule has 36 heavy (non-hydrogen) atoms. The van der Waals surface area contributed by atoms with Gasteiger partial charge in [-0.15, -0.1) is 0 Å². The summed E-state index contributed by atoms with van der Waals surface area (Å²) in [5.74, 6) is -0.214. The van der Waals surface area contributed by atoms with Gasteiger partial charge in [-0.25, -0.2) is 13.4 Å². The minimum atomic E-state index is -3.57. The van der Waals surface area contributed by atoms with Gasteiger partial charge in [-0.3, -0.25) is 9.69 Å². The summed E-state index contributed by atoms with van der Waals surface area (Å²) < 4.78 is 28.9. The normalized spacial score (nSPS) is 15.0. The zero-order valence-corrected chi connectivity index (χ0v) is 21.9. The number of hydrogen-bond donors (Lipinski definition) is 0. The van der Waals surface area contributed by atoms with Crippen LogP contribution in [-0.2, 0) is 16.6 Å². The van der Waals surface area contributed by atoms with Crippen LogP contribution >= 0.6 is 11.3 Å². The molecule has 0 N–H and O–H groups in total. The molecule has 1 aromatic heterocycles. The Bertz CT molecular complexity index is 1460. The van der Waals surface area contributed by atoms with E-state index >= 15 is 0 Å². The molecule has 0 saturated carbocycles. The number of aromatic nitrogens is 1. The molecule has 0 radical (unpaired) electrons. The molecule has 0 bridgehead atoms. The summed E-state index contributed by atoms with van der Waals surface area (Å²) in [6.45, 7) is 3.50. The van der Waals surface area contributed by atoms with E-state index in [1.165, 1.54) is 11.3 Å². The van der Waals surface area contributed by atoms with Crippen molar-refractivity contribution in [2.24, 2.45) is 0 Å². The van der Waals surface area contributed by atoms with E-state index in [2.05, 4.69) is 6.07 Å². The summed E-state index contributed by atoms with van der Waals surface area (Å²) in [6, 6.07) is 22.2. The van der Waals surface area contributed by atoms with Gasteiger partial charge in [-0.2, -0.15) is 4.31 Å². The van der Waals surface area contributed by atoms with E-state index in [1.54, 1.807) is 33.5 Å². The number of carbonyl (C=O) groups excluding carboxylic acids is 1. The molecule has 186 valence electrons. The van der Waals surface area contributed by atoms with Crippen LogP contribution in [0.3, 0.4) is 0 Å². The van der Waals surface area contributed by atoms with Gasteiger partial charge in [0.2, 0.25) is 10.0 Å². The maximum Gasteiger partial charge on any atom is 0.260 e. The summed E-state index contributed by atoms with van der Waals surface area (Å²) in [6.07, 6.45) is 3.88. The third-order valence-corrected chi connectivity index (χ3v) is 9.45. The van der Waals surface area contributed by atoms with Crippen LogP contribution in [0, 0.1) is 6.92 Å². The minimum absolute atomic E-state index is 0.214. The van der Waals surface area contributed by atoms with Crippen LogP contribution in [0.15, 0.2) is 77.7 Å². The Hall–Kier alpha value is -3.07. The third kappa shape index (κ3) is 5.21. The van der Waals surface area contributed by atoms with E-state index in [0.717, 1.165) is 47.0 Å². The van der Waals surface area contributed by atoms with Crippen LogP contribution in [0.5, 0.6) is 0 Å². The molecule has 0 spiro atoms. The van der Waals surface area contributed by atoms with E-state index in [9.17, 15) is 13.2 Å². The van der Waals surface area contributed by atoms with Crippen LogP contribution in [0.25, 0.3) is 10.2 Å². The third-order valence-electron chi connectivity index (χ3n) is 6.50. The number of thiazole rings is 1. The summed E-state index contributed by atoms with van der Waals surface area (Å²) in [4.78, 5) is 20.4. The summed E-state index contributed by atoms with van der Waals surface area (Å²) in [5.41, 5.74) is 3.41. The zero-order valence-electron chi connectivity index (χ0n) is 20.3. The molecule has 1 saturated heterocycles. The molecule has 5 rings (SSSR count). The van der Waals surface area contributed by atoms with E-state index in [-0.39, 0.29) is 10.8 Å². The number of amides is 1. The highest BCUT2D eigenvalue weighted by atomic mass is 32.2. The molecule has 6 nitrogen and oxygen atoms in total. The van der Waals surface area contributed by atoms with Crippen molar-refractivity contribution in [3.63, 3.8) is 0 Å². The van der Waals surface area contributed by atoms with Gasteiger partial charge in [0.25, 0.3) is 5.91 Å². The molecular weight excluding hydrogens is 490 g/mol. The molecule has 1 aliphatic heterocycles. The first-order chi connectivity index (χ1) is 17.4. The standard InChI is InChI=1S/C28H29N3O3S2/c1-21-11-16-25-26(19-21)35-28(29-25)31(20-22-9-5-4-6-10-22)27(32)23-12-14-24(15-13-23)36(33,34)30-17-7-2-3-8-18-30/h4-6,9-16,19H,2-3,7-8,17-18,20H2,1H3. The second kappa shape index (κ2) is 10.5. The van der Waals surface area contributed by atoms with Gasteiger partial charge in [0.15, 0.2) is 5.13 Å². The quantitative estimate of drug-likeness (QED) is 0.312. The van der Waals surface area contributed by atoms with Gasteiger partial charge in [-0.05, 0) is 67.3 Å². The lowest BCUT2D eigenvalue weighted by atomic mass is 10.1. The molecule has 0 unspecified atom stereocenters. The number of benzene rings is 3. The van der Waals surface area contributed by atoms with Crippen molar-refractivity contribution in [3.05, 3.63) is 89.5 Å². The first-order valence-electron chi connectivity index (χ1n) is 12.2. The fraction of sp³-hybridized carbons (Fsp3) is 0.286. The number of fused-ring (bicyclic) bond motifs is 1. The Kier molecular flexibility index (Phi) is 7.18. The monoisotopic (exact) mass is 519 g/mol.